The lowest BCUT2D eigenvalue weighted by Gasteiger charge is -2.28. The molecular weight excluding hydrogens is 232 g/mol. The minimum Gasteiger partial charge on any atom is -0.444 e. The number of nitrogens with one attached hydrogen (secondary N) is 1. The quantitative estimate of drug-likeness (QED) is 0.724. The molecule has 5 heteroatoms. The molecule has 0 radical (unpaired) electrons. The summed E-state index contributed by atoms with van der Waals surface area (Å²) in [7, 11) is 0. The second-order valence-electron chi connectivity index (χ2n) is 6.05. The van der Waals surface area contributed by atoms with Gasteiger partial charge in [-0.1, -0.05) is 12.2 Å². The van der Waals surface area contributed by atoms with Crippen LogP contribution in [0.25, 0.3) is 0 Å². The number of ether oxygens (including phenoxy) is 1. The van der Waals surface area contributed by atoms with Gasteiger partial charge >= 0.3 is 6.09 Å². The zero-order chi connectivity index (χ0) is 13.5. The minimum absolute atomic E-state index is 0.160. The van der Waals surface area contributed by atoms with Crippen LogP contribution in [0.15, 0.2) is 12.2 Å². The summed E-state index contributed by atoms with van der Waals surface area (Å²) in [6, 6.07) is -0.229. The van der Waals surface area contributed by atoms with Gasteiger partial charge in [-0.25, -0.2) is 4.79 Å². The number of hydrogen-bond acceptors (Lipinski definition) is 3. The molecule has 1 saturated carbocycles. The Balaban J connectivity index is 2.02. The molecule has 0 saturated heterocycles. The van der Waals surface area contributed by atoms with E-state index in [1.165, 1.54) is 0 Å². The van der Waals surface area contributed by atoms with Crippen LogP contribution in [0.5, 0.6) is 0 Å². The Hall–Kier alpha value is -1.52. The van der Waals surface area contributed by atoms with E-state index in [0.717, 1.165) is 6.42 Å². The zero-order valence-corrected chi connectivity index (χ0v) is 11.0. The van der Waals surface area contributed by atoms with Crippen molar-refractivity contribution >= 4 is 12.0 Å². The van der Waals surface area contributed by atoms with Gasteiger partial charge in [0.2, 0.25) is 5.91 Å². The lowest BCUT2D eigenvalue weighted by Crippen LogP contribution is -2.48. The van der Waals surface area contributed by atoms with E-state index in [-0.39, 0.29) is 29.7 Å². The fourth-order valence-electron chi connectivity index (χ4n) is 2.85. The van der Waals surface area contributed by atoms with Crippen molar-refractivity contribution in [3.8, 4) is 0 Å². The first-order valence-electron chi connectivity index (χ1n) is 6.25. The molecule has 0 spiro atoms. The second kappa shape index (κ2) is 4.30. The average Bonchev–Trinajstić information content (AvgIpc) is 2.73. The largest absolute Gasteiger partial charge is 0.444 e. The first-order valence-corrected chi connectivity index (χ1v) is 6.25. The summed E-state index contributed by atoms with van der Waals surface area (Å²) in [6.45, 7) is 5.41. The van der Waals surface area contributed by atoms with Crippen LogP contribution >= 0.6 is 0 Å². The molecule has 1 fully saturated rings. The van der Waals surface area contributed by atoms with Crippen LogP contribution in [0.3, 0.4) is 0 Å². The van der Waals surface area contributed by atoms with E-state index in [1.807, 2.05) is 12.2 Å². The Kier molecular flexibility index (Phi) is 3.09. The molecule has 2 bridgehead atoms. The third-order valence-corrected chi connectivity index (χ3v) is 3.47. The SMILES string of the molecule is CC(C)(C)OC(=O)N[C@@H]1[C@@H](C(N)=O)[C@H]2C=C[C@@H]1C2. The summed E-state index contributed by atoms with van der Waals surface area (Å²) in [5.41, 5.74) is 4.87. The van der Waals surface area contributed by atoms with Crippen molar-refractivity contribution in [1.29, 1.82) is 0 Å². The molecule has 5 nitrogen and oxygen atoms in total. The van der Waals surface area contributed by atoms with Crippen LogP contribution in [-0.2, 0) is 9.53 Å². The number of carbonyl (C=O) groups excluding carboxylic acids is 2. The monoisotopic (exact) mass is 252 g/mol. The van der Waals surface area contributed by atoms with Crippen molar-refractivity contribution < 1.29 is 14.3 Å². The Morgan fingerprint density at radius 3 is 2.44 bits per heavy atom. The number of nitrogens with two attached hydrogens (primary N) is 1. The lowest BCUT2D eigenvalue weighted by molar-refractivity contribution is -0.123. The van der Waals surface area contributed by atoms with Gasteiger partial charge in [0.05, 0.1) is 12.0 Å². The van der Waals surface area contributed by atoms with E-state index in [0.29, 0.717) is 0 Å². The number of hydrogen-bond donors (Lipinski definition) is 2. The smallest absolute Gasteiger partial charge is 0.407 e. The Morgan fingerprint density at radius 2 is 1.89 bits per heavy atom. The standard InChI is InChI=1S/C13H20N2O3/c1-13(2,3)18-12(17)15-10-8-5-4-7(6-8)9(10)11(14)16/h4-5,7-10H,6H2,1-3H3,(H2,14,16)(H,15,17)/t7-,8+,9-,10-/m0/s1. The number of allylic oxidation sites excluding steroid dienone is 1. The predicted octanol–water partition coefficient (Wildman–Crippen LogP) is 1.19. The Bertz CT molecular complexity index is 398. The molecule has 2 amide bonds. The fraction of sp³-hybridized carbons (Fsp3) is 0.692. The normalized spacial score (nSPS) is 33.5. The van der Waals surface area contributed by atoms with E-state index in [2.05, 4.69) is 5.32 Å². The average molecular weight is 252 g/mol. The number of fused-ring (bicyclic) bond motifs is 2. The zero-order valence-electron chi connectivity index (χ0n) is 11.0. The van der Waals surface area contributed by atoms with Gasteiger partial charge in [0.15, 0.2) is 0 Å². The summed E-state index contributed by atoms with van der Waals surface area (Å²) in [6.07, 6.45) is 4.47. The van der Waals surface area contributed by atoms with E-state index in [1.54, 1.807) is 20.8 Å². The molecule has 0 aromatic heterocycles. The van der Waals surface area contributed by atoms with Crippen molar-refractivity contribution in [3.63, 3.8) is 0 Å². The molecule has 2 rings (SSSR count). The van der Waals surface area contributed by atoms with E-state index in [4.69, 9.17) is 10.5 Å². The summed E-state index contributed by atoms with van der Waals surface area (Å²) in [5.74, 6) is -0.312. The van der Waals surface area contributed by atoms with E-state index in [9.17, 15) is 9.59 Å². The molecule has 3 N–H and O–H groups in total. The maximum absolute atomic E-state index is 11.7. The Labute approximate surface area is 107 Å². The lowest BCUT2D eigenvalue weighted by atomic mass is 9.88. The van der Waals surface area contributed by atoms with Crippen molar-refractivity contribution in [2.24, 2.45) is 23.5 Å². The number of amides is 2. The maximum Gasteiger partial charge on any atom is 0.407 e. The number of carbonyl (C=O) groups is 2. The molecule has 0 aromatic rings. The third kappa shape index (κ3) is 2.49. The molecule has 0 heterocycles. The minimum atomic E-state index is -0.542. The van der Waals surface area contributed by atoms with Gasteiger partial charge in [0, 0.05) is 0 Å². The summed E-state index contributed by atoms with van der Waals surface area (Å²) < 4.78 is 5.21. The molecule has 18 heavy (non-hydrogen) atoms. The van der Waals surface area contributed by atoms with Crippen molar-refractivity contribution in [3.05, 3.63) is 12.2 Å². The van der Waals surface area contributed by atoms with Crippen LogP contribution < -0.4 is 11.1 Å². The van der Waals surface area contributed by atoms with Crippen LogP contribution in [0.2, 0.25) is 0 Å². The second-order valence-corrected chi connectivity index (χ2v) is 6.05. The molecule has 0 aliphatic heterocycles. The molecule has 100 valence electrons. The third-order valence-electron chi connectivity index (χ3n) is 3.47. The van der Waals surface area contributed by atoms with Crippen molar-refractivity contribution in [1.82, 2.24) is 5.32 Å². The Morgan fingerprint density at radius 1 is 1.28 bits per heavy atom. The van der Waals surface area contributed by atoms with E-state index < -0.39 is 11.7 Å². The first kappa shape index (κ1) is 12.9. The van der Waals surface area contributed by atoms with E-state index >= 15 is 0 Å². The van der Waals surface area contributed by atoms with Gasteiger partial charge in [0.25, 0.3) is 0 Å². The first-order chi connectivity index (χ1) is 8.28. The highest BCUT2D eigenvalue weighted by atomic mass is 16.6. The molecular formula is C13H20N2O3. The molecule has 0 aromatic carbocycles. The van der Waals surface area contributed by atoms with Crippen molar-refractivity contribution in [2.75, 3.05) is 0 Å². The highest BCUT2D eigenvalue weighted by Crippen LogP contribution is 2.43. The van der Waals surface area contributed by atoms with Gasteiger partial charge in [-0.05, 0) is 39.0 Å². The molecule has 2 aliphatic carbocycles. The maximum atomic E-state index is 11.7. The van der Waals surface area contributed by atoms with Gasteiger partial charge < -0.3 is 15.8 Å². The topological polar surface area (TPSA) is 81.4 Å². The predicted molar refractivity (Wildman–Crippen MR) is 66.6 cm³/mol. The molecule has 4 atom stereocenters. The van der Waals surface area contributed by atoms with Crippen LogP contribution in [0.1, 0.15) is 27.2 Å². The number of primary amides is 1. The summed E-state index contributed by atoms with van der Waals surface area (Å²) in [5, 5.41) is 2.79. The van der Waals surface area contributed by atoms with Crippen molar-refractivity contribution in [2.45, 2.75) is 38.8 Å². The van der Waals surface area contributed by atoms with Gasteiger partial charge in [-0.2, -0.15) is 0 Å². The summed E-state index contributed by atoms with van der Waals surface area (Å²) >= 11 is 0. The van der Waals surface area contributed by atoms with Gasteiger partial charge in [0.1, 0.15) is 5.60 Å². The van der Waals surface area contributed by atoms with Gasteiger partial charge in [-0.3, -0.25) is 4.79 Å². The van der Waals surface area contributed by atoms with Crippen LogP contribution in [0.4, 0.5) is 4.79 Å². The highest BCUT2D eigenvalue weighted by Gasteiger charge is 2.48. The molecule has 0 unspecified atom stereocenters. The van der Waals surface area contributed by atoms with Crippen LogP contribution in [-0.4, -0.2) is 23.6 Å². The van der Waals surface area contributed by atoms with Crippen LogP contribution in [0, 0.1) is 17.8 Å². The highest BCUT2D eigenvalue weighted by molar-refractivity contribution is 5.80. The van der Waals surface area contributed by atoms with Gasteiger partial charge in [-0.15, -0.1) is 0 Å². The fourth-order valence-corrected chi connectivity index (χ4v) is 2.85. The summed E-state index contributed by atoms with van der Waals surface area (Å²) in [4.78, 5) is 23.2. The molecule has 2 aliphatic rings. The number of alkyl carbamates (subject to hydrolysis) is 1. The number of rotatable bonds is 2.